The molecular formula is C25H29N3O3. The fourth-order valence-corrected chi connectivity index (χ4v) is 5.14. The monoisotopic (exact) mass is 419 g/mol. The zero-order valence-corrected chi connectivity index (χ0v) is 18.6. The number of likely N-dealkylation sites (tertiary alicyclic amines) is 1. The third kappa shape index (κ3) is 3.16. The minimum Gasteiger partial charge on any atom is -0.493 e. The first-order valence-electron chi connectivity index (χ1n) is 11.0. The number of fused-ring (bicyclic) bond motifs is 4. The van der Waals surface area contributed by atoms with Crippen molar-refractivity contribution in [2.24, 2.45) is 5.10 Å². The summed E-state index contributed by atoms with van der Waals surface area (Å²) in [6.45, 7) is 7.22. The summed E-state index contributed by atoms with van der Waals surface area (Å²) in [6, 6.07) is 12.7. The number of methoxy groups -OCH3 is 1. The van der Waals surface area contributed by atoms with Crippen LogP contribution >= 0.6 is 0 Å². The fraction of sp³-hybridized carbons (Fsp3) is 0.440. The summed E-state index contributed by atoms with van der Waals surface area (Å²) in [4.78, 5) is 13.8. The number of piperidine rings is 1. The van der Waals surface area contributed by atoms with E-state index in [4.69, 9.17) is 14.6 Å². The summed E-state index contributed by atoms with van der Waals surface area (Å²) < 4.78 is 12.4. The summed E-state index contributed by atoms with van der Waals surface area (Å²) in [5.41, 5.74) is 5.31. The smallest absolute Gasteiger partial charge is 0.219 e. The van der Waals surface area contributed by atoms with Gasteiger partial charge in [0.1, 0.15) is 0 Å². The lowest BCUT2D eigenvalue weighted by Crippen LogP contribution is -2.59. The Morgan fingerprint density at radius 3 is 2.68 bits per heavy atom. The molecule has 1 atom stereocenters. The van der Waals surface area contributed by atoms with Crippen molar-refractivity contribution >= 4 is 11.6 Å². The molecule has 6 nitrogen and oxygen atoms in total. The maximum absolute atomic E-state index is 11.9. The number of nitrogens with zero attached hydrogens (tertiary/aromatic N) is 3. The van der Waals surface area contributed by atoms with Crippen LogP contribution < -0.4 is 9.47 Å². The zero-order chi connectivity index (χ0) is 21.8. The van der Waals surface area contributed by atoms with Crippen LogP contribution in [-0.4, -0.2) is 47.5 Å². The number of carbonyl (C=O) groups excluding carboxylic acids is 1. The summed E-state index contributed by atoms with van der Waals surface area (Å²) in [7, 11) is 1.68. The SMILES string of the molecule is COc1cccc2c1OC1(CCN(C(C)=O)CC1)N1N=C(c3cc(C)ccc3C)CC21. The Morgan fingerprint density at radius 1 is 1.19 bits per heavy atom. The third-order valence-electron chi connectivity index (χ3n) is 6.90. The zero-order valence-electron chi connectivity index (χ0n) is 18.6. The van der Waals surface area contributed by atoms with Crippen LogP contribution in [0.3, 0.4) is 0 Å². The minimum absolute atomic E-state index is 0.0950. The maximum atomic E-state index is 11.9. The molecule has 0 aliphatic carbocycles. The Balaban J connectivity index is 1.60. The third-order valence-corrected chi connectivity index (χ3v) is 6.90. The van der Waals surface area contributed by atoms with Crippen molar-refractivity contribution in [2.75, 3.05) is 20.2 Å². The second kappa shape index (κ2) is 7.29. The normalized spacial score (nSPS) is 21.3. The van der Waals surface area contributed by atoms with E-state index in [0.717, 1.165) is 29.2 Å². The van der Waals surface area contributed by atoms with Gasteiger partial charge in [0.15, 0.2) is 11.5 Å². The van der Waals surface area contributed by atoms with E-state index in [1.807, 2.05) is 17.0 Å². The Morgan fingerprint density at radius 2 is 1.97 bits per heavy atom. The number of hydrogen-bond acceptors (Lipinski definition) is 5. The second-order valence-electron chi connectivity index (χ2n) is 8.86. The molecule has 0 bridgehead atoms. The highest BCUT2D eigenvalue weighted by molar-refractivity contribution is 6.03. The molecule has 162 valence electrons. The van der Waals surface area contributed by atoms with Gasteiger partial charge in [0, 0.05) is 50.4 Å². The largest absolute Gasteiger partial charge is 0.493 e. The van der Waals surface area contributed by atoms with Crippen LogP contribution in [0.2, 0.25) is 0 Å². The van der Waals surface area contributed by atoms with Gasteiger partial charge in [-0.15, -0.1) is 0 Å². The molecule has 0 radical (unpaired) electrons. The van der Waals surface area contributed by atoms with Gasteiger partial charge in [-0.2, -0.15) is 5.10 Å². The standard InChI is InChI=1S/C25H29N3O3/c1-16-8-9-17(2)20(14-16)21-15-22-19-6-5-7-23(30-4)24(19)31-25(28(22)26-21)10-12-27(13-11-25)18(3)29/h5-9,14,22H,10-13,15H2,1-4H3. The molecule has 0 N–H and O–H groups in total. The molecule has 1 saturated heterocycles. The molecule has 3 aliphatic rings. The summed E-state index contributed by atoms with van der Waals surface area (Å²) >= 11 is 0. The lowest BCUT2D eigenvalue weighted by atomic mass is 9.89. The van der Waals surface area contributed by atoms with Gasteiger partial charge in [-0.1, -0.05) is 29.8 Å². The molecule has 5 rings (SSSR count). The average Bonchev–Trinajstić information content (AvgIpc) is 3.22. The number of rotatable bonds is 2. The lowest BCUT2D eigenvalue weighted by Gasteiger charge is -2.51. The highest BCUT2D eigenvalue weighted by Crippen LogP contribution is 2.52. The minimum atomic E-state index is -0.572. The van der Waals surface area contributed by atoms with Crippen molar-refractivity contribution in [3.05, 3.63) is 58.7 Å². The van der Waals surface area contributed by atoms with Crippen LogP contribution in [0.25, 0.3) is 0 Å². The number of hydrogen-bond donors (Lipinski definition) is 0. The number of aryl methyl sites for hydroxylation is 2. The van der Waals surface area contributed by atoms with Gasteiger partial charge in [0.2, 0.25) is 11.6 Å². The van der Waals surface area contributed by atoms with Gasteiger partial charge in [0.25, 0.3) is 0 Å². The predicted octanol–water partition coefficient (Wildman–Crippen LogP) is 4.19. The van der Waals surface area contributed by atoms with Crippen LogP contribution in [0, 0.1) is 13.8 Å². The highest BCUT2D eigenvalue weighted by atomic mass is 16.5. The van der Waals surface area contributed by atoms with Gasteiger partial charge in [-0.3, -0.25) is 4.79 Å². The van der Waals surface area contributed by atoms with Crippen LogP contribution in [0.15, 0.2) is 41.5 Å². The van der Waals surface area contributed by atoms with Crippen molar-refractivity contribution in [2.45, 2.75) is 51.8 Å². The molecule has 31 heavy (non-hydrogen) atoms. The van der Waals surface area contributed by atoms with Crippen molar-refractivity contribution in [1.82, 2.24) is 9.91 Å². The van der Waals surface area contributed by atoms with Gasteiger partial charge in [-0.25, -0.2) is 5.01 Å². The van der Waals surface area contributed by atoms with E-state index in [1.165, 1.54) is 16.7 Å². The van der Waals surface area contributed by atoms with Crippen LogP contribution in [0.1, 0.15) is 54.5 Å². The molecule has 1 unspecified atom stereocenters. The van der Waals surface area contributed by atoms with Crippen molar-refractivity contribution in [3.8, 4) is 11.5 Å². The van der Waals surface area contributed by atoms with Crippen LogP contribution in [0.4, 0.5) is 0 Å². The van der Waals surface area contributed by atoms with E-state index < -0.39 is 5.72 Å². The maximum Gasteiger partial charge on any atom is 0.219 e. The van der Waals surface area contributed by atoms with E-state index in [0.29, 0.717) is 25.9 Å². The average molecular weight is 420 g/mol. The van der Waals surface area contributed by atoms with E-state index in [9.17, 15) is 4.79 Å². The number of para-hydroxylation sites is 1. The van der Waals surface area contributed by atoms with E-state index in [1.54, 1.807) is 14.0 Å². The molecule has 0 aromatic heterocycles. The quantitative estimate of drug-likeness (QED) is 0.732. The Kier molecular flexibility index (Phi) is 4.68. The molecular weight excluding hydrogens is 390 g/mol. The van der Waals surface area contributed by atoms with Crippen LogP contribution in [-0.2, 0) is 4.79 Å². The Hall–Kier alpha value is -3.02. The van der Waals surface area contributed by atoms with Crippen molar-refractivity contribution < 1.29 is 14.3 Å². The molecule has 1 fully saturated rings. The van der Waals surface area contributed by atoms with E-state index in [-0.39, 0.29) is 11.9 Å². The first kappa shape index (κ1) is 19.9. The number of amides is 1. The summed E-state index contributed by atoms with van der Waals surface area (Å²) in [5, 5.41) is 7.35. The van der Waals surface area contributed by atoms with E-state index >= 15 is 0 Å². The molecule has 1 amide bonds. The van der Waals surface area contributed by atoms with Gasteiger partial charge < -0.3 is 14.4 Å². The fourth-order valence-electron chi connectivity index (χ4n) is 5.14. The Labute approximate surface area is 183 Å². The number of carbonyl (C=O) groups is 1. The lowest BCUT2D eigenvalue weighted by molar-refractivity contribution is -0.159. The summed E-state index contributed by atoms with van der Waals surface area (Å²) in [5.74, 6) is 1.69. The predicted molar refractivity (Wildman–Crippen MR) is 119 cm³/mol. The second-order valence-corrected chi connectivity index (χ2v) is 8.86. The molecule has 1 spiro atoms. The number of hydrazone groups is 1. The molecule has 3 aliphatic heterocycles. The molecule has 2 aromatic carbocycles. The molecule has 6 heteroatoms. The first-order valence-corrected chi connectivity index (χ1v) is 11.0. The van der Waals surface area contributed by atoms with Gasteiger partial charge in [-0.05, 0) is 31.5 Å². The highest BCUT2D eigenvalue weighted by Gasteiger charge is 2.52. The summed E-state index contributed by atoms with van der Waals surface area (Å²) in [6.07, 6.45) is 2.25. The molecule has 2 aromatic rings. The molecule has 0 saturated carbocycles. The topological polar surface area (TPSA) is 54.4 Å². The number of benzene rings is 2. The van der Waals surface area contributed by atoms with Crippen molar-refractivity contribution in [1.29, 1.82) is 0 Å². The first-order chi connectivity index (χ1) is 14.9. The van der Waals surface area contributed by atoms with Gasteiger partial charge in [0.05, 0.1) is 18.9 Å². The van der Waals surface area contributed by atoms with Crippen molar-refractivity contribution in [3.63, 3.8) is 0 Å². The number of ether oxygens (including phenoxy) is 2. The molecule has 3 heterocycles. The Bertz CT molecular complexity index is 1070. The van der Waals surface area contributed by atoms with Crippen LogP contribution in [0.5, 0.6) is 11.5 Å². The van der Waals surface area contributed by atoms with E-state index in [2.05, 4.69) is 43.1 Å². The van der Waals surface area contributed by atoms with Gasteiger partial charge >= 0.3 is 0 Å².